The second kappa shape index (κ2) is 7.82. The van der Waals surface area contributed by atoms with Crippen LogP contribution in [0, 0.1) is 0 Å². The molecule has 8 heteroatoms. The Labute approximate surface area is 159 Å². The number of hydrogen-bond donors (Lipinski definition) is 1. The van der Waals surface area contributed by atoms with Crippen molar-refractivity contribution in [2.45, 2.75) is 4.90 Å². The molecule has 0 amide bonds. The molecule has 26 heavy (non-hydrogen) atoms. The Kier molecular flexibility index (Phi) is 5.51. The SMILES string of the molecule is O=C(/C(=N\Nc1ccc(Cl)cc1)S(=O)(=O)c1ccccc1)c1cccs1. The van der Waals surface area contributed by atoms with Crippen molar-refractivity contribution >= 4 is 49.3 Å². The van der Waals surface area contributed by atoms with Crippen LogP contribution in [0.4, 0.5) is 5.69 Å². The van der Waals surface area contributed by atoms with Gasteiger partial charge in [0, 0.05) is 5.02 Å². The van der Waals surface area contributed by atoms with Crippen LogP contribution in [0.5, 0.6) is 0 Å². The van der Waals surface area contributed by atoms with E-state index in [-0.39, 0.29) is 4.90 Å². The number of carbonyl (C=O) groups excluding carboxylic acids is 1. The Balaban J connectivity index is 2.03. The van der Waals surface area contributed by atoms with Gasteiger partial charge in [-0.25, -0.2) is 8.42 Å². The van der Waals surface area contributed by atoms with E-state index in [2.05, 4.69) is 10.5 Å². The predicted octanol–water partition coefficient (Wildman–Crippen LogP) is 4.48. The van der Waals surface area contributed by atoms with Gasteiger partial charge in [-0.15, -0.1) is 11.3 Å². The monoisotopic (exact) mass is 404 g/mol. The van der Waals surface area contributed by atoms with Crippen molar-refractivity contribution in [3.63, 3.8) is 0 Å². The molecule has 132 valence electrons. The molecule has 5 nitrogen and oxygen atoms in total. The first-order valence-electron chi connectivity index (χ1n) is 7.46. The van der Waals surface area contributed by atoms with E-state index in [0.29, 0.717) is 15.6 Å². The van der Waals surface area contributed by atoms with E-state index < -0.39 is 20.7 Å². The molecule has 0 saturated carbocycles. The fourth-order valence-electron chi connectivity index (χ4n) is 2.10. The maximum absolute atomic E-state index is 12.9. The number of halogens is 1. The van der Waals surface area contributed by atoms with Crippen molar-refractivity contribution in [3.8, 4) is 0 Å². The quantitative estimate of drug-likeness (QED) is 0.294. The van der Waals surface area contributed by atoms with E-state index in [1.54, 1.807) is 60.0 Å². The number of nitrogens with one attached hydrogen (secondary N) is 1. The normalized spacial score (nSPS) is 12.0. The average Bonchev–Trinajstić information content (AvgIpc) is 3.18. The molecule has 1 aromatic heterocycles. The summed E-state index contributed by atoms with van der Waals surface area (Å²) < 4.78 is 25.9. The Morgan fingerprint density at radius 1 is 0.962 bits per heavy atom. The molecule has 0 aliphatic heterocycles. The fourth-order valence-corrected chi connectivity index (χ4v) is 4.21. The van der Waals surface area contributed by atoms with Crippen LogP contribution >= 0.6 is 22.9 Å². The molecular weight excluding hydrogens is 392 g/mol. The Morgan fingerprint density at radius 2 is 1.65 bits per heavy atom. The summed E-state index contributed by atoms with van der Waals surface area (Å²) in [6, 6.07) is 17.5. The number of benzene rings is 2. The van der Waals surface area contributed by atoms with Crippen LogP contribution in [0.1, 0.15) is 9.67 Å². The van der Waals surface area contributed by atoms with Crippen LogP contribution in [0.3, 0.4) is 0 Å². The van der Waals surface area contributed by atoms with E-state index in [9.17, 15) is 13.2 Å². The third kappa shape index (κ3) is 4.01. The zero-order chi connectivity index (χ0) is 18.6. The molecule has 0 spiro atoms. The largest absolute Gasteiger partial charge is 0.285 e. The smallest absolute Gasteiger partial charge is 0.235 e. The Morgan fingerprint density at radius 3 is 2.27 bits per heavy atom. The maximum Gasteiger partial charge on any atom is 0.235 e. The van der Waals surface area contributed by atoms with Crippen LogP contribution in [0.2, 0.25) is 5.02 Å². The predicted molar refractivity (Wildman–Crippen MR) is 105 cm³/mol. The lowest BCUT2D eigenvalue weighted by molar-refractivity contribution is 0.107. The van der Waals surface area contributed by atoms with Gasteiger partial charge in [-0.3, -0.25) is 10.2 Å². The van der Waals surface area contributed by atoms with Crippen molar-refractivity contribution < 1.29 is 13.2 Å². The molecule has 2 aromatic carbocycles. The van der Waals surface area contributed by atoms with Gasteiger partial charge in [0.1, 0.15) is 0 Å². The van der Waals surface area contributed by atoms with Gasteiger partial charge in [0.05, 0.1) is 15.5 Å². The maximum atomic E-state index is 12.9. The van der Waals surface area contributed by atoms with Crippen LogP contribution in [-0.4, -0.2) is 19.2 Å². The van der Waals surface area contributed by atoms with E-state index in [0.717, 1.165) is 11.3 Å². The number of nitrogens with zero attached hydrogens (tertiary/aromatic N) is 1. The summed E-state index contributed by atoms with van der Waals surface area (Å²) in [6.45, 7) is 0. The topological polar surface area (TPSA) is 75.6 Å². The standard InChI is InChI=1S/C18H13ClN2O3S2/c19-13-8-10-14(11-9-13)20-21-18(17(22)16-7-4-12-25-16)26(23,24)15-5-2-1-3-6-15/h1-12,20H/b21-18+. The summed E-state index contributed by atoms with van der Waals surface area (Å²) in [5, 5.41) is 5.59. The molecular formula is C18H13ClN2O3S2. The zero-order valence-electron chi connectivity index (χ0n) is 13.3. The number of thiophene rings is 1. The van der Waals surface area contributed by atoms with Gasteiger partial charge in [0.25, 0.3) is 0 Å². The number of hydrogen-bond acceptors (Lipinski definition) is 6. The Bertz CT molecular complexity index is 1030. The summed E-state index contributed by atoms with van der Waals surface area (Å²) in [6.07, 6.45) is 0. The van der Waals surface area contributed by atoms with E-state index in [4.69, 9.17) is 11.6 Å². The molecule has 0 aliphatic rings. The summed E-state index contributed by atoms with van der Waals surface area (Å²) in [7, 11) is -4.09. The molecule has 0 radical (unpaired) electrons. The zero-order valence-corrected chi connectivity index (χ0v) is 15.7. The lowest BCUT2D eigenvalue weighted by Gasteiger charge is -2.08. The van der Waals surface area contributed by atoms with Crippen molar-refractivity contribution in [2.75, 3.05) is 5.43 Å². The highest BCUT2D eigenvalue weighted by molar-refractivity contribution is 8.08. The van der Waals surface area contributed by atoms with E-state index in [1.807, 2.05) is 0 Å². The highest BCUT2D eigenvalue weighted by Crippen LogP contribution is 2.19. The third-order valence-electron chi connectivity index (χ3n) is 3.38. The summed E-state index contributed by atoms with van der Waals surface area (Å²) in [4.78, 5) is 13.0. The minimum atomic E-state index is -4.09. The molecule has 1 N–H and O–H groups in total. The van der Waals surface area contributed by atoms with Crippen LogP contribution in [0.15, 0.2) is 82.1 Å². The van der Waals surface area contributed by atoms with Crippen LogP contribution < -0.4 is 5.43 Å². The van der Waals surface area contributed by atoms with Crippen molar-refractivity contribution in [1.29, 1.82) is 0 Å². The lowest BCUT2D eigenvalue weighted by atomic mass is 10.3. The van der Waals surface area contributed by atoms with Crippen molar-refractivity contribution in [1.82, 2.24) is 0 Å². The summed E-state index contributed by atoms with van der Waals surface area (Å²) >= 11 is 6.99. The molecule has 0 bridgehead atoms. The van der Waals surface area contributed by atoms with Gasteiger partial charge in [0.2, 0.25) is 20.7 Å². The number of hydrazone groups is 1. The van der Waals surface area contributed by atoms with Gasteiger partial charge in [-0.1, -0.05) is 35.9 Å². The van der Waals surface area contributed by atoms with Crippen molar-refractivity contribution in [2.24, 2.45) is 5.10 Å². The number of carbonyl (C=O) groups is 1. The first kappa shape index (κ1) is 18.3. The Hall–Kier alpha value is -2.48. The first-order chi connectivity index (χ1) is 12.5. The van der Waals surface area contributed by atoms with Gasteiger partial charge in [0.15, 0.2) is 0 Å². The van der Waals surface area contributed by atoms with E-state index >= 15 is 0 Å². The van der Waals surface area contributed by atoms with Crippen LogP contribution in [0.25, 0.3) is 0 Å². The van der Waals surface area contributed by atoms with Crippen LogP contribution in [-0.2, 0) is 9.84 Å². The number of rotatable bonds is 5. The highest BCUT2D eigenvalue weighted by atomic mass is 35.5. The minimum Gasteiger partial charge on any atom is -0.285 e. The molecule has 0 unspecified atom stereocenters. The summed E-state index contributed by atoms with van der Waals surface area (Å²) in [5.41, 5.74) is 3.13. The van der Waals surface area contributed by atoms with Gasteiger partial charge in [-0.2, -0.15) is 5.10 Å². The van der Waals surface area contributed by atoms with Gasteiger partial charge < -0.3 is 0 Å². The first-order valence-corrected chi connectivity index (χ1v) is 10.2. The number of Topliss-reactive ketones (excluding diaryl/α,β-unsaturated/α-hetero) is 1. The fraction of sp³-hybridized carbons (Fsp3) is 0. The summed E-state index contributed by atoms with van der Waals surface area (Å²) in [5.74, 6) is -0.662. The third-order valence-corrected chi connectivity index (χ3v) is 6.18. The molecule has 0 aliphatic carbocycles. The molecule has 0 atom stereocenters. The van der Waals surface area contributed by atoms with Gasteiger partial charge >= 0.3 is 0 Å². The molecule has 0 fully saturated rings. The number of sulfone groups is 1. The van der Waals surface area contributed by atoms with E-state index in [1.165, 1.54) is 12.1 Å². The lowest BCUT2D eigenvalue weighted by Crippen LogP contribution is -2.25. The molecule has 0 saturated heterocycles. The highest BCUT2D eigenvalue weighted by Gasteiger charge is 2.30. The molecule has 3 aromatic rings. The van der Waals surface area contributed by atoms with Gasteiger partial charge in [-0.05, 0) is 47.8 Å². The second-order valence-electron chi connectivity index (χ2n) is 5.16. The molecule has 3 rings (SSSR count). The second-order valence-corrected chi connectivity index (χ2v) is 8.41. The average molecular weight is 405 g/mol. The molecule has 1 heterocycles. The number of anilines is 1. The minimum absolute atomic E-state index is 0.00145. The van der Waals surface area contributed by atoms with Crippen molar-refractivity contribution in [3.05, 3.63) is 82.0 Å². The number of ketones is 1.